The summed E-state index contributed by atoms with van der Waals surface area (Å²) >= 11 is 0. The molecule has 0 bridgehead atoms. The minimum atomic E-state index is 0.112. The Morgan fingerprint density at radius 3 is 3.16 bits per heavy atom. The lowest BCUT2D eigenvalue weighted by atomic mass is 10.2. The number of morpholine rings is 1. The molecule has 0 amide bonds. The van der Waals surface area contributed by atoms with E-state index in [1.54, 1.807) is 0 Å². The van der Waals surface area contributed by atoms with Gasteiger partial charge in [-0.2, -0.15) is 0 Å². The predicted molar refractivity (Wildman–Crippen MR) is 74.6 cm³/mol. The van der Waals surface area contributed by atoms with Crippen LogP contribution in [0, 0.1) is 6.92 Å². The highest BCUT2D eigenvalue weighted by atomic mass is 16.5. The second-order valence-electron chi connectivity index (χ2n) is 4.81. The van der Waals surface area contributed by atoms with Gasteiger partial charge in [0, 0.05) is 24.0 Å². The maximum absolute atomic E-state index is 5.81. The van der Waals surface area contributed by atoms with E-state index in [2.05, 4.69) is 22.4 Å². The molecule has 2 aromatic rings. The maximum Gasteiger partial charge on any atom is 0.216 e. The van der Waals surface area contributed by atoms with E-state index in [1.165, 1.54) is 0 Å². The molecule has 100 valence electrons. The van der Waals surface area contributed by atoms with Crippen LogP contribution in [0.3, 0.4) is 0 Å². The van der Waals surface area contributed by atoms with Crippen molar-refractivity contribution in [3.63, 3.8) is 0 Å². The van der Waals surface area contributed by atoms with Gasteiger partial charge in [0.15, 0.2) is 0 Å². The van der Waals surface area contributed by atoms with Crippen molar-refractivity contribution < 1.29 is 9.47 Å². The number of pyridine rings is 1. The topological polar surface area (TPSA) is 43.4 Å². The molecule has 3 rings (SSSR count). The highest BCUT2D eigenvalue weighted by Gasteiger charge is 2.15. The minimum Gasteiger partial charge on any atom is -0.475 e. The van der Waals surface area contributed by atoms with E-state index in [0.29, 0.717) is 12.5 Å². The molecule has 4 heteroatoms. The number of hydrogen-bond donors (Lipinski definition) is 1. The van der Waals surface area contributed by atoms with Crippen LogP contribution in [0.1, 0.15) is 5.56 Å². The molecule has 1 unspecified atom stereocenters. The Morgan fingerprint density at radius 2 is 2.32 bits per heavy atom. The number of aryl methyl sites for hydroxylation is 1. The first-order chi connectivity index (χ1) is 9.33. The zero-order valence-electron chi connectivity index (χ0n) is 11.1. The quantitative estimate of drug-likeness (QED) is 0.913. The highest BCUT2D eigenvalue weighted by molar-refractivity contribution is 5.79. The summed E-state index contributed by atoms with van der Waals surface area (Å²) in [6.45, 7) is 5.07. The van der Waals surface area contributed by atoms with E-state index in [9.17, 15) is 0 Å². The largest absolute Gasteiger partial charge is 0.475 e. The smallest absolute Gasteiger partial charge is 0.216 e. The molecule has 1 aliphatic heterocycles. The lowest BCUT2D eigenvalue weighted by molar-refractivity contribution is -0.000813. The Hall–Kier alpha value is -1.65. The molecule has 2 heterocycles. The van der Waals surface area contributed by atoms with Crippen LogP contribution in [0.15, 0.2) is 30.3 Å². The third-order valence-electron chi connectivity index (χ3n) is 3.28. The molecule has 1 fully saturated rings. The van der Waals surface area contributed by atoms with E-state index in [-0.39, 0.29) is 6.10 Å². The van der Waals surface area contributed by atoms with E-state index in [1.807, 2.05) is 25.1 Å². The normalized spacial score (nSPS) is 19.5. The number of ether oxygens (including phenoxy) is 2. The monoisotopic (exact) mass is 258 g/mol. The second-order valence-corrected chi connectivity index (χ2v) is 4.81. The third kappa shape index (κ3) is 2.85. The van der Waals surface area contributed by atoms with Crippen molar-refractivity contribution >= 4 is 10.9 Å². The molecule has 0 radical (unpaired) electrons. The minimum absolute atomic E-state index is 0.112. The average molecular weight is 258 g/mol. The second kappa shape index (κ2) is 5.55. The van der Waals surface area contributed by atoms with Crippen LogP contribution in [-0.4, -0.2) is 37.4 Å². The fraction of sp³-hybridized carbons (Fsp3) is 0.400. The van der Waals surface area contributed by atoms with E-state index in [4.69, 9.17) is 9.47 Å². The number of aromatic nitrogens is 1. The van der Waals surface area contributed by atoms with Crippen molar-refractivity contribution in [2.24, 2.45) is 0 Å². The van der Waals surface area contributed by atoms with Crippen LogP contribution in [0.25, 0.3) is 10.9 Å². The molecule has 1 aromatic heterocycles. The zero-order chi connectivity index (χ0) is 13.1. The van der Waals surface area contributed by atoms with Crippen molar-refractivity contribution in [1.82, 2.24) is 10.3 Å². The van der Waals surface area contributed by atoms with Crippen LogP contribution in [0.5, 0.6) is 5.88 Å². The van der Waals surface area contributed by atoms with Crippen LogP contribution >= 0.6 is 0 Å². The summed E-state index contributed by atoms with van der Waals surface area (Å²) < 4.78 is 11.4. The fourth-order valence-corrected chi connectivity index (χ4v) is 2.25. The number of nitrogens with zero attached hydrogens (tertiary/aromatic N) is 1. The summed E-state index contributed by atoms with van der Waals surface area (Å²) in [5.41, 5.74) is 2.02. The number of hydrogen-bond acceptors (Lipinski definition) is 4. The molecule has 1 N–H and O–H groups in total. The maximum atomic E-state index is 5.81. The van der Waals surface area contributed by atoms with Gasteiger partial charge in [0.2, 0.25) is 5.88 Å². The molecule has 1 saturated heterocycles. The summed E-state index contributed by atoms with van der Waals surface area (Å²) in [6.07, 6.45) is 0.112. The van der Waals surface area contributed by atoms with Gasteiger partial charge in [-0.1, -0.05) is 18.2 Å². The third-order valence-corrected chi connectivity index (χ3v) is 3.28. The van der Waals surface area contributed by atoms with Crippen molar-refractivity contribution in [2.45, 2.75) is 13.0 Å². The number of para-hydroxylation sites is 1. The van der Waals surface area contributed by atoms with Gasteiger partial charge in [-0.25, -0.2) is 4.98 Å². The first-order valence-electron chi connectivity index (χ1n) is 6.64. The summed E-state index contributed by atoms with van der Waals surface area (Å²) in [5, 5.41) is 4.43. The summed E-state index contributed by atoms with van der Waals surface area (Å²) in [5.74, 6) is 0.702. The van der Waals surface area contributed by atoms with Gasteiger partial charge in [-0.05, 0) is 19.1 Å². The molecular formula is C15H18N2O2. The zero-order valence-corrected chi connectivity index (χ0v) is 11.1. The Bertz CT molecular complexity index is 565. The molecule has 0 saturated carbocycles. The molecule has 19 heavy (non-hydrogen) atoms. The van der Waals surface area contributed by atoms with Crippen molar-refractivity contribution in [3.05, 3.63) is 35.9 Å². The number of rotatable bonds is 3. The Kier molecular flexibility index (Phi) is 3.62. The van der Waals surface area contributed by atoms with Gasteiger partial charge in [0.1, 0.15) is 12.7 Å². The fourth-order valence-electron chi connectivity index (χ4n) is 2.25. The lowest BCUT2D eigenvalue weighted by Gasteiger charge is -2.23. The SMILES string of the molecule is Cc1cc2ccccc2nc1OCC1CNCCO1. The average Bonchev–Trinajstić information content (AvgIpc) is 2.46. The summed E-state index contributed by atoms with van der Waals surface area (Å²) in [6, 6.07) is 10.2. The van der Waals surface area contributed by atoms with Gasteiger partial charge in [0.25, 0.3) is 0 Å². The summed E-state index contributed by atoms with van der Waals surface area (Å²) in [4.78, 5) is 4.56. The van der Waals surface area contributed by atoms with Crippen molar-refractivity contribution in [2.75, 3.05) is 26.3 Å². The van der Waals surface area contributed by atoms with E-state index in [0.717, 1.165) is 36.2 Å². The molecule has 4 nitrogen and oxygen atoms in total. The molecule has 1 aromatic carbocycles. The molecule has 0 aliphatic carbocycles. The van der Waals surface area contributed by atoms with E-state index >= 15 is 0 Å². The van der Waals surface area contributed by atoms with Crippen LogP contribution in [-0.2, 0) is 4.74 Å². The Morgan fingerprint density at radius 1 is 1.42 bits per heavy atom. The van der Waals surface area contributed by atoms with Gasteiger partial charge in [-0.3, -0.25) is 0 Å². The molecule has 1 atom stereocenters. The molecular weight excluding hydrogens is 240 g/mol. The van der Waals surface area contributed by atoms with Gasteiger partial charge < -0.3 is 14.8 Å². The van der Waals surface area contributed by atoms with Crippen LogP contribution in [0.2, 0.25) is 0 Å². The van der Waals surface area contributed by atoms with Crippen molar-refractivity contribution in [1.29, 1.82) is 0 Å². The number of nitrogens with one attached hydrogen (secondary N) is 1. The molecule has 1 aliphatic rings. The highest BCUT2D eigenvalue weighted by Crippen LogP contribution is 2.21. The van der Waals surface area contributed by atoms with E-state index < -0.39 is 0 Å². The van der Waals surface area contributed by atoms with Crippen LogP contribution < -0.4 is 10.1 Å². The van der Waals surface area contributed by atoms with Gasteiger partial charge in [-0.15, -0.1) is 0 Å². The first kappa shape index (κ1) is 12.4. The summed E-state index contributed by atoms with van der Waals surface area (Å²) in [7, 11) is 0. The Balaban J connectivity index is 1.74. The van der Waals surface area contributed by atoms with Crippen molar-refractivity contribution in [3.8, 4) is 5.88 Å². The van der Waals surface area contributed by atoms with Crippen LogP contribution in [0.4, 0.5) is 0 Å². The lowest BCUT2D eigenvalue weighted by Crippen LogP contribution is -2.41. The molecule has 0 spiro atoms. The number of fused-ring (bicyclic) bond motifs is 1. The number of benzene rings is 1. The first-order valence-corrected chi connectivity index (χ1v) is 6.64. The Labute approximate surface area is 112 Å². The van der Waals surface area contributed by atoms with Gasteiger partial charge >= 0.3 is 0 Å². The standard InChI is InChI=1S/C15H18N2O2/c1-11-8-12-4-2-3-5-14(12)17-15(11)19-10-13-9-16-6-7-18-13/h2-5,8,13,16H,6-7,9-10H2,1H3. The predicted octanol–water partition coefficient (Wildman–Crippen LogP) is 1.91. The van der Waals surface area contributed by atoms with Gasteiger partial charge in [0.05, 0.1) is 12.1 Å².